The van der Waals surface area contributed by atoms with E-state index in [2.05, 4.69) is 5.32 Å². The third kappa shape index (κ3) is 3.98. The molecule has 5 nitrogen and oxygen atoms in total. The van der Waals surface area contributed by atoms with Crippen LogP contribution in [0.15, 0.2) is 0 Å². The first-order valence-corrected chi connectivity index (χ1v) is 6.70. The van der Waals surface area contributed by atoms with Crippen molar-refractivity contribution in [1.29, 1.82) is 0 Å². The van der Waals surface area contributed by atoms with Gasteiger partial charge in [-0.05, 0) is 26.8 Å². The molecule has 1 heterocycles. The van der Waals surface area contributed by atoms with Crippen LogP contribution in [0.1, 0.15) is 26.7 Å². The highest BCUT2D eigenvalue weighted by Crippen LogP contribution is 2.20. The van der Waals surface area contributed by atoms with E-state index in [1.165, 1.54) is 0 Å². The molecule has 0 aliphatic carbocycles. The molecule has 1 aliphatic heterocycles. The van der Waals surface area contributed by atoms with E-state index in [9.17, 15) is 9.59 Å². The fourth-order valence-electron chi connectivity index (χ4n) is 2.30. The molecule has 1 aliphatic rings. The fourth-order valence-corrected chi connectivity index (χ4v) is 2.30. The van der Waals surface area contributed by atoms with E-state index in [1.54, 1.807) is 0 Å². The van der Waals surface area contributed by atoms with Crippen molar-refractivity contribution in [1.82, 2.24) is 10.2 Å². The zero-order valence-corrected chi connectivity index (χ0v) is 11.6. The van der Waals surface area contributed by atoms with Gasteiger partial charge in [-0.25, -0.2) is 0 Å². The van der Waals surface area contributed by atoms with E-state index in [0.717, 1.165) is 12.8 Å². The van der Waals surface area contributed by atoms with E-state index in [4.69, 9.17) is 4.74 Å². The molecule has 1 saturated heterocycles. The molecule has 0 saturated carbocycles. The summed E-state index contributed by atoms with van der Waals surface area (Å²) in [4.78, 5) is 25.5. The van der Waals surface area contributed by atoms with Crippen LogP contribution in [0.4, 0.5) is 0 Å². The Labute approximate surface area is 109 Å². The molecule has 1 fully saturated rings. The molecule has 0 aromatic heterocycles. The third-order valence-corrected chi connectivity index (χ3v) is 3.36. The predicted molar refractivity (Wildman–Crippen MR) is 69.0 cm³/mol. The molecule has 1 N–H and O–H groups in total. The van der Waals surface area contributed by atoms with Crippen LogP contribution >= 0.6 is 0 Å². The summed E-state index contributed by atoms with van der Waals surface area (Å²) in [6.07, 6.45) is 1.44. The van der Waals surface area contributed by atoms with E-state index in [0.29, 0.717) is 26.2 Å². The predicted octanol–water partition coefficient (Wildman–Crippen LogP) is 0.644. The SMILES string of the molecule is CCOC(=O)C1CCN(C(=O)C(C)CNC)CC1. The normalized spacial score (nSPS) is 18.5. The number of hydrogen-bond donors (Lipinski definition) is 1. The highest BCUT2D eigenvalue weighted by atomic mass is 16.5. The van der Waals surface area contributed by atoms with Crippen molar-refractivity contribution in [2.24, 2.45) is 11.8 Å². The smallest absolute Gasteiger partial charge is 0.309 e. The molecular formula is C13H24N2O3. The van der Waals surface area contributed by atoms with Crippen molar-refractivity contribution in [3.63, 3.8) is 0 Å². The molecule has 1 unspecified atom stereocenters. The van der Waals surface area contributed by atoms with Gasteiger partial charge in [-0.2, -0.15) is 0 Å². The number of likely N-dealkylation sites (tertiary alicyclic amines) is 1. The van der Waals surface area contributed by atoms with Crippen molar-refractivity contribution in [3.05, 3.63) is 0 Å². The van der Waals surface area contributed by atoms with Crippen LogP contribution in [0.25, 0.3) is 0 Å². The summed E-state index contributed by atoms with van der Waals surface area (Å²) < 4.78 is 5.01. The lowest BCUT2D eigenvalue weighted by atomic mass is 9.96. The molecule has 0 radical (unpaired) electrons. The largest absolute Gasteiger partial charge is 0.466 e. The van der Waals surface area contributed by atoms with Crippen LogP contribution in [-0.2, 0) is 14.3 Å². The lowest BCUT2D eigenvalue weighted by Crippen LogP contribution is -2.44. The zero-order chi connectivity index (χ0) is 13.5. The Morgan fingerprint density at radius 3 is 2.50 bits per heavy atom. The molecule has 0 bridgehead atoms. The molecule has 0 spiro atoms. The summed E-state index contributed by atoms with van der Waals surface area (Å²) in [5.74, 6) is 0.0160. The van der Waals surface area contributed by atoms with Crippen molar-refractivity contribution in [2.75, 3.05) is 33.3 Å². The number of nitrogens with one attached hydrogen (secondary N) is 1. The van der Waals surface area contributed by atoms with Crippen molar-refractivity contribution in [3.8, 4) is 0 Å². The van der Waals surface area contributed by atoms with Crippen LogP contribution in [0.5, 0.6) is 0 Å². The highest BCUT2D eigenvalue weighted by Gasteiger charge is 2.29. The van der Waals surface area contributed by atoms with E-state index in [1.807, 2.05) is 25.8 Å². The number of carbonyl (C=O) groups is 2. The average Bonchev–Trinajstić information content (AvgIpc) is 2.38. The number of hydrogen-bond acceptors (Lipinski definition) is 4. The first kappa shape index (κ1) is 15.0. The zero-order valence-electron chi connectivity index (χ0n) is 11.6. The van der Waals surface area contributed by atoms with Gasteiger partial charge in [-0.1, -0.05) is 6.92 Å². The second-order valence-corrected chi connectivity index (χ2v) is 4.81. The minimum Gasteiger partial charge on any atom is -0.466 e. The van der Waals surface area contributed by atoms with Gasteiger partial charge in [-0.3, -0.25) is 9.59 Å². The van der Waals surface area contributed by atoms with Gasteiger partial charge in [0.25, 0.3) is 0 Å². The number of piperidine rings is 1. The maximum Gasteiger partial charge on any atom is 0.309 e. The van der Waals surface area contributed by atoms with Gasteiger partial charge in [0.05, 0.1) is 12.5 Å². The topological polar surface area (TPSA) is 58.6 Å². The first-order valence-electron chi connectivity index (χ1n) is 6.70. The quantitative estimate of drug-likeness (QED) is 0.734. The van der Waals surface area contributed by atoms with Crippen LogP contribution < -0.4 is 5.32 Å². The molecule has 1 rings (SSSR count). The summed E-state index contributed by atoms with van der Waals surface area (Å²) in [6, 6.07) is 0. The number of rotatable bonds is 5. The van der Waals surface area contributed by atoms with Crippen LogP contribution in [-0.4, -0.2) is 50.1 Å². The molecule has 5 heteroatoms. The van der Waals surface area contributed by atoms with Crippen molar-refractivity contribution >= 4 is 11.9 Å². The number of carbonyl (C=O) groups excluding carboxylic acids is 2. The Morgan fingerprint density at radius 2 is 2.00 bits per heavy atom. The molecule has 18 heavy (non-hydrogen) atoms. The van der Waals surface area contributed by atoms with E-state index >= 15 is 0 Å². The highest BCUT2D eigenvalue weighted by molar-refractivity contribution is 5.79. The van der Waals surface area contributed by atoms with Gasteiger partial charge < -0.3 is 15.0 Å². The maximum atomic E-state index is 12.1. The molecule has 0 aromatic carbocycles. The van der Waals surface area contributed by atoms with Gasteiger partial charge in [-0.15, -0.1) is 0 Å². The molecule has 0 aromatic rings. The Kier molecular flexibility index (Phi) is 6.12. The van der Waals surface area contributed by atoms with Gasteiger partial charge in [0, 0.05) is 25.6 Å². The minimum absolute atomic E-state index is 0.00542. The monoisotopic (exact) mass is 256 g/mol. The standard InChI is InChI=1S/C13H24N2O3/c1-4-18-13(17)11-5-7-15(8-6-11)12(16)10(2)9-14-3/h10-11,14H,4-9H2,1-3H3. The van der Waals surface area contributed by atoms with Crippen LogP contribution in [0.3, 0.4) is 0 Å². The van der Waals surface area contributed by atoms with Gasteiger partial charge in [0.1, 0.15) is 0 Å². The fraction of sp³-hybridized carbons (Fsp3) is 0.846. The molecule has 1 amide bonds. The van der Waals surface area contributed by atoms with Gasteiger partial charge in [0.15, 0.2) is 0 Å². The Bertz CT molecular complexity index is 286. The summed E-state index contributed by atoms with van der Waals surface area (Å²) in [7, 11) is 1.84. The first-order chi connectivity index (χ1) is 8.60. The molecule has 1 atom stereocenters. The third-order valence-electron chi connectivity index (χ3n) is 3.36. The number of esters is 1. The van der Waals surface area contributed by atoms with Gasteiger partial charge >= 0.3 is 5.97 Å². The van der Waals surface area contributed by atoms with E-state index < -0.39 is 0 Å². The lowest BCUT2D eigenvalue weighted by Gasteiger charge is -2.32. The second-order valence-electron chi connectivity index (χ2n) is 4.81. The summed E-state index contributed by atoms with van der Waals surface area (Å²) in [5, 5.41) is 3.01. The maximum absolute atomic E-state index is 12.1. The van der Waals surface area contributed by atoms with E-state index in [-0.39, 0.29) is 23.7 Å². The Hall–Kier alpha value is -1.10. The number of ether oxygens (including phenoxy) is 1. The summed E-state index contributed by atoms with van der Waals surface area (Å²) >= 11 is 0. The van der Waals surface area contributed by atoms with Crippen LogP contribution in [0.2, 0.25) is 0 Å². The Morgan fingerprint density at radius 1 is 1.39 bits per heavy atom. The summed E-state index contributed by atoms with van der Waals surface area (Å²) in [6.45, 7) is 6.19. The molecular weight excluding hydrogens is 232 g/mol. The molecule has 104 valence electrons. The number of amides is 1. The minimum atomic E-state index is -0.118. The van der Waals surface area contributed by atoms with Crippen molar-refractivity contribution < 1.29 is 14.3 Å². The lowest BCUT2D eigenvalue weighted by molar-refractivity contribution is -0.151. The number of nitrogens with zero attached hydrogens (tertiary/aromatic N) is 1. The van der Waals surface area contributed by atoms with Crippen molar-refractivity contribution in [2.45, 2.75) is 26.7 Å². The average molecular weight is 256 g/mol. The van der Waals surface area contributed by atoms with Gasteiger partial charge in [0.2, 0.25) is 5.91 Å². The van der Waals surface area contributed by atoms with Crippen LogP contribution in [0, 0.1) is 11.8 Å². The summed E-state index contributed by atoms with van der Waals surface area (Å²) in [5.41, 5.74) is 0. The second kappa shape index (κ2) is 7.36. The Balaban J connectivity index is 2.39.